The number of anilines is 1. The normalized spacial score (nSPS) is 11.7. The fraction of sp³-hybridized carbons (Fsp3) is 0.0500. The first-order valence-corrected chi connectivity index (χ1v) is 10.5. The molecule has 4 rings (SSSR count). The highest BCUT2D eigenvalue weighted by molar-refractivity contribution is 7.86. The van der Waals surface area contributed by atoms with Crippen LogP contribution in [0.15, 0.2) is 65.1 Å². The first-order chi connectivity index (χ1) is 14.2. The van der Waals surface area contributed by atoms with E-state index in [1.54, 1.807) is 41.9 Å². The summed E-state index contributed by atoms with van der Waals surface area (Å²) in [6, 6.07) is 13.9. The highest BCUT2D eigenvalue weighted by atomic mass is 32.2. The predicted molar refractivity (Wildman–Crippen MR) is 110 cm³/mol. The van der Waals surface area contributed by atoms with Crippen LogP contribution in [-0.4, -0.2) is 20.8 Å². The van der Waals surface area contributed by atoms with Crippen LogP contribution in [0.2, 0.25) is 0 Å². The number of hydrogen-bond donors (Lipinski definition) is 1. The summed E-state index contributed by atoms with van der Waals surface area (Å²) in [6.45, 7) is -0.109. The van der Waals surface area contributed by atoms with Crippen LogP contribution in [0.4, 0.5) is 9.52 Å². The van der Waals surface area contributed by atoms with Gasteiger partial charge in [-0.3, -0.25) is 9.71 Å². The molecule has 1 atom stereocenters. The number of rotatable bonds is 6. The van der Waals surface area contributed by atoms with Gasteiger partial charge in [0.25, 0.3) is 0 Å². The lowest BCUT2D eigenvalue weighted by Gasteiger charge is -2.12. The van der Waals surface area contributed by atoms with Crippen molar-refractivity contribution in [3.63, 3.8) is 0 Å². The van der Waals surface area contributed by atoms with E-state index in [-0.39, 0.29) is 12.0 Å². The van der Waals surface area contributed by atoms with Crippen LogP contribution in [0.1, 0.15) is 0 Å². The van der Waals surface area contributed by atoms with Gasteiger partial charge in [0.05, 0.1) is 16.8 Å². The minimum absolute atomic E-state index is 0.109. The molecule has 0 bridgehead atoms. The summed E-state index contributed by atoms with van der Waals surface area (Å²) in [7, 11) is -1.59. The number of nitrogens with one attached hydrogen (secondary N) is 1. The van der Waals surface area contributed by atoms with Crippen molar-refractivity contribution in [2.45, 2.75) is 4.90 Å². The number of pyridine rings is 1. The molecule has 29 heavy (non-hydrogen) atoms. The Balaban J connectivity index is 1.78. The van der Waals surface area contributed by atoms with E-state index in [1.165, 1.54) is 17.4 Å². The number of thiazole rings is 1. The summed E-state index contributed by atoms with van der Waals surface area (Å²) in [4.78, 5) is 8.70. The number of hydrogen-bond acceptors (Lipinski definition) is 6. The number of fused-ring (bicyclic) bond motifs is 1. The van der Waals surface area contributed by atoms with Gasteiger partial charge in [-0.1, -0.05) is 18.2 Å². The maximum Gasteiger partial charge on any atom is 0.194 e. The van der Waals surface area contributed by atoms with Crippen molar-refractivity contribution < 1.29 is 13.3 Å². The molecule has 2 heterocycles. The van der Waals surface area contributed by atoms with E-state index in [4.69, 9.17) is 10.00 Å². The number of nitriles is 1. The van der Waals surface area contributed by atoms with Crippen LogP contribution >= 0.6 is 11.3 Å². The van der Waals surface area contributed by atoms with Gasteiger partial charge in [0.15, 0.2) is 22.7 Å². The number of ether oxygens (including phenoxy) is 1. The molecule has 4 aromatic rings. The fourth-order valence-corrected chi connectivity index (χ4v) is 4.37. The first-order valence-electron chi connectivity index (χ1n) is 8.42. The molecule has 0 saturated carbocycles. The zero-order valence-corrected chi connectivity index (χ0v) is 16.5. The van der Waals surface area contributed by atoms with Crippen molar-refractivity contribution in [1.29, 1.82) is 5.26 Å². The average Bonchev–Trinajstić information content (AvgIpc) is 3.26. The number of halogens is 1. The van der Waals surface area contributed by atoms with Gasteiger partial charge in [-0.15, -0.1) is 11.3 Å². The zero-order valence-electron chi connectivity index (χ0n) is 14.8. The lowest BCUT2D eigenvalue weighted by Crippen LogP contribution is -2.04. The molecular formula is C20H13FN4O2S2. The van der Waals surface area contributed by atoms with Crippen molar-refractivity contribution in [2.24, 2.45) is 0 Å². The highest BCUT2D eigenvalue weighted by Gasteiger charge is 2.15. The van der Waals surface area contributed by atoms with E-state index >= 15 is 0 Å². The van der Waals surface area contributed by atoms with Gasteiger partial charge in [-0.05, 0) is 24.3 Å². The van der Waals surface area contributed by atoms with Gasteiger partial charge in [-0.25, -0.2) is 13.6 Å². The van der Waals surface area contributed by atoms with Crippen molar-refractivity contribution in [3.05, 3.63) is 66.1 Å². The number of nitrogens with zero attached hydrogens (tertiary/aromatic N) is 3. The Labute approximate surface area is 172 Å². The number of para-hydroxylation sites is 1. The van der Waals surface area contributed by atoms with Crippen LogP contribution in [0.5, 0.6) is 5.75 Å². The van der Waals surface area contributed by atoms with Crippen LogP contribution < -0.4 is 9.46 Å². The Kier molecular flexibility index (Phi) is 5.46. The molecule has 1 N–H and O–H groups in total. The summed E-state index contributed by atoms with van der Waals surface area (Å²) in [5, 5.41) is 11.9. The Hall–Kier alpha value is -3.35. The van der Waals surface area contributed by atoms with Gasteiger partial charge in [0.1, 0.15) is 17.6 Å². The molecule has 6 nitrogen and oxygen atoms in total. The average molecular weight is 424 g/mol. The van der Waals surface area contributed by atoms with E-state index in [1.807, 2.05) is 12.1 Å². The molecule has 2 aromatic heterocycles. The van der Waals surface area contributed by atoms with Gasteiger partial charge >= 0.3 is 0 Å². The fourth-order valence-electron chi connectivity index (χ4n) is 2.83. The third-order valence-electron chi connectivity index (χ3n) is 4.07. The molecule has 0 saturated heterocycles. The van der Waals surface area contributed by atoms with Gasteiger partial charge in [-0.2, -0.15) is 5.26 Å². The molecule has 0 aliphatic rings. The molecule has 0 radical (unpaired) electrons. The van der Waals surface area contributed by atoms with E-state index in [9.17, 15) is 8.60 Å². The molecule has 0 aliphatic carbocycles. The summed E-state index contributed by atoms with van der Waals surface area (Å²) in [6.07, 6.45) is 2.73. The van der Waals surface area contributed by atoms with Crippen LogP contribution in [0, 0.1) is 17.1 Å². The van der Waals surface area contributed by atoms with Crippen molar-refractivity contribution in [2.75, 3.05) is 11.3 Å². The zero-order chi connectivity index (χ0) is 20.2. The second kappa shape index (κ2) is 8.34. The smallest absolute Gasteiger partial charge is 0.194 e. The summed E-state index contributed by atoms with van der Waals surface area (Å²) in [5.74, 6) is -0.0418. The predicted octanol–water partition coefficient (Wildman–Crippen LogP) is 4.53. The molecule has 0 fully saturated rings. The van der Waals surface area contributed by atoms with E-state index < -0.39 is 16.8 Å². The first kappa shape index (κ1) is 19.0. The molecule has 0 aliphatic heterocycles. The SMILES string of the molecule is N#CCOc1ccccc1-c1ncc(F)c2cc(S(=O)Nc3nccs3)ccc12. The molecule has 9 heteroatoms. The Morgan fingerprint density at radius 1 is 1.21 bits per heavy atom. The maximum absolute atomic E-state index is 14.5. The van der Waals surface area contributed by atoms with Crippen LogP contribution in [0.25, 0.3) is 22.0 Å². The standard InChI is InChI=1S/C20H13FN4O2S2/c21-17-12-24-19(15-3-1-2-4-18(15)27-9-7-22)14-6-5-13(11-16(14)17)29(26)25-20-23-8-10-28-20/h1-6,8,10-12H,9H2,(H,23,25). The molecule has 0 spiro atoms. The molecular weight excluding hydrogens is 411 g/mol. The van der Waals surface area contributed by atoms with Crippen LogP contribution in [0.3, 0.4) is 0 Å². The molecule has 1 unspecified atom stereocenters. The topological polar surface area (TPSA) is 87.9 Å². The lowest BCUT2D eigenvalue weighted by atomic mass is 10.0. The number of aromatic nitrogens is 2. The minimum Gasteiger partial charge on any atom is -0.478 e. The highest BCUT2D eigenvalue weighted by Crippen LogP contribution is 2.35. The third-order valence-corrected chi connectivity index (χ3v) is 5.95. The summed E-state index contributed by atoms with van der Waals surface area (Å²) >= 11 is 1.32. The summed E-state index contributed by atoms with van der Waals surface area (Å²) in [5.41, 5.74) is 1.16. The lowest BCUT2D eigenvalue weighted by molar-refractivity contribution is 0.369. The second-order valence-electron chi connectivity index (χ2n) is 5.81. The van der Waals surface area contributed by atoms with E-state index in [0.29, 0.717) is 32.4 Å². The Morgan fingerprint density at radius 2 is 2.07 bits per heavy atom. The summed E-state index contributed by atoms with van der Waals surface area (Å²) < 4.78 is 35.4. The quantitative estimate of drug-likeness (QED) is 0.491. The van der Waals surface area contributed by atoms with Crippen molar-refractivity contribution in [1.82, 2.24) is 9.97 Å². The molecule has 144 valence electrons. The van der Waals surface area contributed by atoms with Gasteiger partial charge in [0.2, 0.25) is 0 Å². The third kappa shape index (κ3) is 3.94. The Morgan fingerprint density at radius 3 is 2.86 bits per heavy atom. The van der Waals surface area contributed by atoms with Crippen molar-refractivity contribution >= 4 is 38.2 Å². The molecule has 0 amide bonds. The maximum atomic E-state index is 14.5. The Bertz CT molecular complexity index is 1240. The number of benzene rings is 2. The minimum atomic E-state index is -1.59. The van der Waals surface area contributed by atoms with Crippen molar-refractivity contribution in [3.8, 4) is 23.1 Å². The van der Waals surface area contributed by atoms with E-state index in [0.717, 1.165) is 6.20 Å². The van der Waals surface area contributed by atoms with Gasteiger partial charge < -0.3 is 4.74 Å². The van der Waals surface area contributed by atoms with Gasteiger partial charge in [0, 0.05) is 27.9 Å². The van der Waals surface area contributed by atoms with Crippen LogP contribution in [-0.2, 0) is 11.0 Å². The largest absolute Gasteiger partial charge is 0.478 e. The second-order valence-corrected chi connectivity index (χ2v) is 7.92. The monoisotopic (exact) mass is 424 g/mol. The molecule has 2 aromatic carbocycles. The van der Waals surface area contributed by atoms with E-state index in [2.05, 4.69) is 14.7 Å².